The largest absolute Gasteiger partial charge is 0.328 e. The summed E-state index contributed by atoms with van der Waals surface area (Å²) >= 11 is 5.47. The number of fused-ring (bicyclic) bond motifs is 1. The maximum absolute atomic E-state index is 5.47. The molecule has 0 aliphatic rings. The van der Waals surface area contributed by atoms with Crippen LogP contribution in [0.1, 0.15) is 51.8 Å². The van der Waals surface area contributed by atoms with Gasteiger partial charge in [-0.15, -0.1) is 0 Å². The van der Waals surface area contributed by atoms with Crippen molar-refractivity contribution in [3.8, 4) is 0 Å². The predicted octanol–water partition coefficient (Wildman–Crippen LogP) is 3.75. The third-order valence-electron chi connectivity index (χ3n) is 3.52. The third kappa shape index (κ3) is 2.11. The first-order chi connectivity index (χ1) is 8.60. The molecule has 100 valence electrons. The highest BCUT2D eigenvalue weighted by molar-refractivity contribution is 7.71. The normalized spacial score (nSPS) is 13.3. The van der Waals surface area contributed by atoms with E-state index in [4.69, 9.17) is 12.2 Å². The summed E-state index contributed by atoms with van der Waals surface area (Å²) in [6, 6.07) is 0.423. The van der Waals surface area contributed by atoms with Gasteiger partial charge < -0.3 is 4.98 Å². The highest BCUT2D eigenvalue weighted by Gasteiger charge is 2.17. The molecule has 1 unspecified atom stereocenters. The smallest absolute Gasteiger partial charge is 0.179 e. The first kappa shape index (κ1) is 13.3. The maximum Gasteiger partial charge on any atom is 0.179 e. The summed E-state index contributed by atoms with van der Waals surface area (Å²) in [7, 11) is 1.99. The SMILES string of the molecule is CCCCC(C)n1c(=S)[nH]c2c(CC)nn(C)c21. The van der Waals surface area contributed by atoms with Crippen molar-refractivity contribution in [2.75, 3.05) is 0 Å². The average Bonchev–Trinajstić information content (AvgIpc) is 2.83. The van der Waals surface area contributed by atoms with E-state index in [1.54, 1.807) is 0 Å². The summed E-state index contributed by atoms with van der Waals surface area (Å²) in [4.78, 5) is 3.32. The number of H-pyrrole nitrogens is 1. The van der Waals surface area contributed by atoms with Crippen molar-refractivity contribution in [3.63, 3.8) is 0 Å². The first-order valence-corrected chi connectivity index (χ1v) is 7.17. The van der Waals surface area contributed by atoms with Crippen LogP contribution in [0.5, 0.6) is 0 Å². The van der Waals surface area contributed by atoms with Crippen molar-refractivity contribution in [2.24, 2.45) is 7.05 Å². The quantitative estimate of drug-likeness (QED) is 0.837. The summed E-state index contributed by atoms with van der Waals surface area (Å²) in [5.41, 5.74) is 3.33. The molecule has 18 heavy (non-hydrogen) atoms. The number of hydrogen-bond donors (Lipinski definition) is 1. The molecular weight excluding hydrogens is 244 g/mol. The molecule has 2 heterocycles. The lowest BCUT2D eigenvalue weighted by atomic mass is 10.1. The van der Waals surface area contributed by atoms with E-state index in [2.05, 4.69) is 35.4 Å². The average molecular weight is 266 g/mol. The molecular formula is C13H22N4S. The summed E-state index contributed by atoms with van der Waals surface area (Å²) in [5.74, 6) is 0. The van der Waals surface area contributed by atoms with Gasteiger partial charge in [-0.1, -0.05) is 26.7 Å². The number of unbranched alkanes of at least 4 members (excludes halogenated alkanes) is 1. The maximum atomic E-state index is 5.47. The van der Waals surface area contributed by atoms with Gasteiger partial charge >= 0.3 is 0 Å². The van der Waals surface area contributed by atoms with Crippen molar-refractivity contribution in [3.05, 3.63) is 10.5 Å². The lowest BCUT2D eigenvalue weighted by Gasteiger charge is -2.13. The molecule has 0 aliphatic carbocycles. The van der Waals surface area contributed by atoms with Crippen molar-refractivity contribution in [1.29, 1.82) is 0 Å². The van der Waals surface area contributed by atoms with Crippen LogP contribution in [0.25, 0.3) is 11.2 Å². The van der Waals surface area contributed by atoms with Gasteiger partial charge in [0.2, 0.25) is 0 Å². The van der Waals surface area contributed by atoms with Gasteiger partial charge in [0.05, 0.1) is 5.69 Å². The van der Waals surface area contributed by atoms with Crippen LogP contribution in [-0.2, 0) is 13.5 Å². The van der Waals surface area contributed by atoms with Crippen LogP contribution in [0.2, 0.25) is 0 Å². The lowest BCUT2D eigenvalue weighted by Crippen LogP contribution is -2.08. The number of imidazole rings is 1. The standard InChI is InChI=1S/C13H22N4S/c1-5-7-8-9(3)17-12-11(14-13(17)18)10(6-2)15-16(12)4/h9H,5-8H2,1-4H3,(H,14,18). The molecule has 0 spiro atoms. The molecule has 0 saturated heterocycles. The van der Waals surface area contributed by atoms with Gasteiger partial charge in [0.1, 0.15) is 5.52 Å². The van der Waals surface area contributed by atoms with Crippen LogP contribution in [0.4, 0.5) is 0 Å². The minimum atomic E-state index is 0.423. The molecule has 1 N–H and O–H groups in total. The van der Waals surface area contributed by atoms with E-state index < -0.39 is 0 Å². The number of rotatable bonds is 5. The molecule has 0 amide bonds. The minimum absolute atomic E-state index is 0.423. The topological polar surface area (TPSA) is 38.5 Å². The van der Waals surface area contributed by atoms with E-state index in [9.17, 15) is 0 Å². The van der Waals surface area contributed by atoms with Gasteiger partial charge in [-0.3, -0.25) is 9.25 Å². The van der Waals surface area contributed by atoms with Crippen LogP contribution < -0.4 is 0 Å². The molecule has 0 aromatic carbocycles. The number of nitrogens with one attached hydrogen (secondary N) is 1. The fourth-order valence-electron chi connectivity index (χ4n) is 2.52. The van der Waals surface area contributed by atoms with E-state index in [-0.39, 0.29) is 0 Å². The van der Waals surface area contributed by atoms with E-state index in [0.717, 1.165) is 34.5 Å². The second kappa shape index (κ2) is 5.26. The Kier molecular flexibility index (Phi) is 3.90. The van der Waals surface area contributed by atoms with Gasteiger partial charge in [-0.25, -0.2) is 0 Å². The Balaban J connectivity index is 2.53. The Bertz CT molecular complexity index is 590. The molecule has 4 nitrogen and oxygen atoms in total. The van der Waals surface area contributed by atoms with Crippen LogP contribution in [0.15, 0.2) is 0 Å². The van der Waals surface area contributed by atoms with Crippen molar-refractivity contribution >= 4 is 23.4 Å². The van der Waals surface area contributed by atoms with Crippen LogP contribution >= 0.6 is 12.2 Å². The molecule has 2 aromatic heterocycles. The lowest BCUT2D eigenvalue weighted by molar-refractivity contribution is 0.483. The van der Waals surface area contributed by atoms with Crippen molar-refractivity contribution in [2.45, 2.75) is 52.5 Å². The molecule has 2 rings (SSSR count). The van der Waals surface area contributed by atoms with Gasteiger partial charge in [0.15, 0.2) is 10.4 Å². The Labute approximate surface area is 113 Å². The van der Waals surface area contributed by atoms with Crippen LogP contribution in [-0.4, -0.2) is 19.3 Å². The second-order valence-corrected chi connectivity index (χ2v) is 5.30. The first-order valence-electron chi connectivity index (χ1n) is 6.76. The molecule has 0 saturated carbocycles. The predicted molar refractivity (Wildman–Crippen MR) is 77.5 cm³/mol. The monoisotopic (exact) mass is 266 g/mol. The fourth-order valence-corrected chi connectivity index (χ4v) is 2.89. The highest BCUT2D eigenvalue weighted by atomic mass is 32.1. The minimum Gasteiger partial charge on any atom is -0.328 e. The third-order valence-corrected chi connectivity index (χ3v) is 3.82. The van der Waals surface area contributed by atoms with Gasteiger partial charge in [-0.05, 0) is 32.0 Å². The second-order valence-electron chi connectivity index (χ2n) is 4.91. The molecule has 5 heteroatoms. The Hall–Kier alpha value is -1.10. The Morgan fingerprint density at radius 2 is 2.11 bits per heavy atom. The molecule has 1 atom stereocenters. The van der Waals surface area contributed by atoms with Crippen LogP contribution in [0, 0.1) is 4.77 Å². The number of hydrogen-bond acceptors (Lipinski definition) is 2. The van der Waals surface area contributed by atoms with Crippen molar-refractivity contribution in [1.82, 2.24) is 19.3 Å². The van der Waals surface area contributed by atoms with Gasteiger partial charge in [-0.2, -0.15) is 5.10 Å². The fraction of sp³-hybridized carbons (Fsp3) is 0.692. The molecule has 0 radical (unpaired) electrons. The number of aromatic nitrogens is 4. The van der Waals surface area contributed by atoms with Gasteiger partial charge in [0.25, 0.3) is 0 Å². The molecule has 0 aliphatic heterocycles. The summed E-state index contributed by atoms with van der Waals surface area (Å²) in [6.45, 7) is 6.58. The molecule has 0 bridgehead atoms. The van der Waals surface area contributed by atoms with E-state index >= 15 is 0 Å². The Morgan fingerprint density at radius 1 is 1.39 bits per heavy atom. The zero-order valence-corrected chi connectivity index (χ0v) is 12.5. The van der Waals surface area contributed by atoms with Gasteiger partial charge in [0, 0.05) is 13.1 Å². The summed E-state index contributed by atoms with van der Waals surface area (Å²) in [6.07, 6.45) is 4.53. The summed E-state index contributed by atoms with van der Waals surface area (Å²) in [5, 5.41) is 4.55. The Morgan fingerprint density at radius 3 is 2.72 bits per heavy atom. The zero-order valence-electron chi connectivity index (χ0n) is 11.7. The molecule has 2 aromatic rings. The van der Waals surface area contributed by atoms with E-state index in [1.165, 1.54) is 12.8 Å². The van der Waals surface area contributed by atoms with Crippen molar-refractivity contribution < 1.29 is 0 Å². The van der Waals surface area contributed by atoms with Crippen LogP contribution in [0.3, 0.4) is 0 Å². The number of nitrogens with zero attached hydrogens (tertiary/aromatic N) is 3. The molecule has 0 fully saturated rings. The van der Waals surface area contributed by atoms with E-state index in [0.29, 0.717) is 6.04 Å². The highest BCUT2D eigenvalue weighted by Crippen LogP contribution is 2.24. The summed E-state index contributed by atoms with van der Waals surface area (Å²) < 4.78 is 4.98. The van der Waals surface area contributed by atoms with E-state index in [1.807, 2.05) is 11.7 Å². The zero-order chi connectivity index (χ0) is 13.3. The number of aromatic amines is 1. The number of aryl methyl sites for hydroxylation is 2.